The number of para-hydroxylation sites is 1. The van der Waals surface area contributed by atoms with E-state index in [1.807, 2.05) is 53.1 Å². The number of thioether (sulfide) groups is 1. The van der Waals surface area contributed by atoms with Crippen LogP contribution in [-0.4, -0.2) is 24.6 Å². The Morgan fingerprint density at radius 1 is 1.12 bits per heavy atom. The largest absolute Gasteiger partial charge is 0.449 e. The van der Waals surface area contributed by atoms with E-state index >= 15 is 0 Å². The number of pyridine rings is 1. The van der Waals surface area contributed by atoms with Gasteiger partial charge in [0.15, 0.2) is 10.8 Å². The van der Waals surface area contributed by atoms with E-state index in [4.69, 9.17) is 4.42 Å². The van der Waals surface area contributed by atoms with Crippen LogP contribution < -0.4 is 5.56 Å². The van der Waals surface area contributed by atoms with Crippen LogP contribution in [0.2, 0.25) is 0 Å². The Bertz CT molecular complexity index is 1290. The van der Waals surface area contributed by atoms with Crippen molar-refractivity contribution in [2.45, 2.75) is 10.9 Å². The van der Waals surface area contributed by atoms with Crippen LogP contribution in [0.3, 0.4) is 0 Å². The van der Waals surface area contributed by atoms with E-state index < -0.39 is 0 Å². The van der Waals surface area contributed by atoms with Gasteiger partial charge in [-0.25, -0.2) is 4.98 Å². The average molecular weight is 349 g/mol. The van der Waals surface area contributed by atoms with Crippen LogP contribution in [0, 0.1) is 0 Å². The Balaban J connectivity index is 1.54. The first-order valence-corrected chi connectivity index (χ1v) is 8.61. The number of aromatic nitrogens is 5. The molecular weight excluding hydrogens is 338 g/mol. The number of furan rings is 1. The number of nitrogens with zero attached hydrogens (tertiary/aromatic N) is 4. The van der Waals surface area contributed by atoms with Gasteiger partial charge >= 0.3 is 0 Å². The maximum absolute atomic E-state index is 12.3. The lowest BCUT2D eigenvalue weighted by Gasteiger charge is -2.00. The number of rotatable bonds is 3. The topological polar surface area (TPSA) is 89.1 Å². The Morgan fingerprint density at radius 2 is 2.00 bits per heavy atom. The number of hydrogen-bond acceptors (Lipinski definition) is 6. The minimum absolute atomic E-state index is 0.253. The smallest absolute Gasteiger partial charge is 0.294 e. The molecule has 0 unspecified atom stereocenters. The number of H-pyrrole nitrogens is 1. The van der Waals surface area contributed by atoms with Crippen molar-refractivity contribution in [3.63, 3.8) is 0 Å². The summed E-state index contributed by atoms with van der Waals surface area (Å²) in [5, 5.41) is 9.87. The fourth-order valence-corrected chi connectivity index (χ4v) is 3.56. The third kappa shape index (κ3) is 2.30. The first kappa shape index (κ1) is 14.2. The van der Waals surface area contributed by atoms with Gasteiger partial charge in [0.1, 0.15) is 16.9 Å². The summed E-state index contributed by atoms with van der Waals surface area (Å²) in [6.45, 7) is 0. The fourth-order valence-electron chi connectivity index (χ4n) is 2.77. The molecule has 5 aromatic rings. The predicted molar refractivity (Wildman–Crippen MR) is 94.7 cm³/mol. The lowest BCUT2D eigenvalue weighted by Crippen LogP contribution is -2.10. The highest BCUT2D eigenvalue weighted by Gasteiger charge is 2.14. The SMILES string of the molecule is O=c1[nH]c(CSc2nnc3ccccn23)nc2c1oc1ccccc12. The van der Waals surface area contributed by atoms with Gasteiger partial charge in [0, 0.05) is 11.6 Å². The quantitative estimate of drug-likeness (QED) is 0.504. The predicted octanol–water partition coefficient (Wildman–Crippen LogP) is 3.00. The van der Waals surface area contributed by atoms with Crippen molar-refractivity contribution in [2.75, 3.05) is 0 Å². The minimum Gasteiger partial charge on any atom is -0.449 e. The van der Waals surface area contributed by atoms with Gasteiger partial charge in [-0.05, 0) is 24.3 Å². The van der Waals surface area contributed by atoms with Gasteiger partial charge in [-0.1, -0.05) is 30.0 Å². The summed E-state index contributed by atoms with van der Waals surface area (Å²) in [7, 11) is 0. The highest BCUT2D eigenvalue weighted by molar-refractivity contribution is 7.98. The van der Waals surface area contributed by atoms with Crippen molar-refractivity contribution in [1.82, 2.24) is 24.6 Å². The molecule has 0 atom stereocenters. The fraction of sp³-hybridized carbons (Fsp3) is 0.0588. The van der Waals surface area contributed by atoms with E-state index in [1.165, 1.54) is 11.8 Å². The Kier molecular flexibility index (Phi) is 3.10. The second-order valence-corrected chi connectivity index (χ2v) is 6.43. The molecule has 0 saturated heterocycles. The zero-order valence-corrected chi connectivity index (χ0v) is 13.7. The monoisotopic (exact) mass is 349 g/mol. The maximum Gasteiger partial charge on any atom is 0.294 e. The van der Waals surface area contributed by atoms with Gasteiger partial charge in [0.25, 0.3) is 5.56 Å². The molecule has 4 heterocycles. The van der Waals surface area contributed by atoms with Crippen LogP contribution in [0.25, 0.3) is 27.7 Å². The zero-order chi connectivity index (χ0) is 16.8. The molecule has 0 bridgehead atoms. The van der Waals surface area contributed by atoms with Crippen LogP contribution in [0.15, 0.2) is 63.0 Å². The number of hydrogen-bond donors (Lipinski definition) is 1. The molecule has 0 spiro atoms. The Hall–Kier alpha value is -3.13. The van der Waals surface area contributed by atoms with Gasteiger partial charge in [-0.3, -0.25) is 9.20 Å². The van der Waals surface area contributed by atoms with E-state index in [0.29, 0.717) is 22.7 Å². The van der Waals surface area contributed by atoms with Crippen LogP contribution in [0.5, 0.6) is 0 Å². The zero-order valence-electron chi connectivity index (χ0n) is 12.8. The summed E-state index contributed by atoms with van der Waals surface area (Å²) >= 11 is 1.46. The molecule has 8 heteroatoms. The average Bonchev–Trinajstić information content (AvgIpc) is 3.22. The molecule has 25 heavy (non-hydrogen) atoms. The van der Waals surface area contributed by atoms with Crippen LogP contribution in [-0.2, 0) is 5.75 Å². The second kappa shape index (κ2) is 5.45. The number of aromatic amines is 1. The molecule has 0 amide bonds. The number of nitrogens with one attached hydrogen (secondary N) is 1. The van der Waals surface area contributed by atoms with Crippen molar-refractivity contribution < 1.29 is 4.42 Å². The van der Waals surface area contributed by atoms with Gasteiger partial charge in [-0.15, -0.1) is 10.2 Å². The molecule has 4 aromatic heterocycles. The summed E-state index contributed by atoms with van der Waals surface area (Å²) < 4.78 is 7.50. The molecule has 0 saturated carbocycles. The van der Waals surface area contributed by atoms with Crippen molar-refractivity contribution in [2.24, 2.45) is 0 Å². The molecule has 7 nitrogen and oxygen atoms in total. The first-order valence-electron chi connectivity index (χ1n) is 7.62. The molecule has 0 aliphatic heterocycles. The van der Waals surface area contributed by atoms with Crippen LogP contribution in [0.4, 0.5) is 0 Å². The molecule has 0 aliphatic carbocycles. The highest BCUT2D eigenvalue weighted by atomic mass is 32.2. The Labute approximate surface area is 144 Å². The lowest BCUT2D eigenvalue weighted by molar-refractivity contribution is 0.660. The van der Waals surface area contributed by atoms with E-state index in [-0.39, 0.29) is 11.1 Å². The summed E-state index contributed by atoms with van der Waals surface area (Å²) in [6, 6.07) is 13.2. The normalized spacial score (nSPS) is 11.7. The standard InChI is InChI=1S/C17H11N5O2S/c23-16-15-14(10-5-1-2-6-11(10)24-15)18-12(19-16)9-25-17-21-20-13-7-3-4-8-22(13)17/h1-8H,9H2,(H,18,19,23). The van der Waals surface area contributed by atoms with Crippen molar-refractivity contribution >= 4 is 39.5 Å². The number of fused-ring (bicyclic) bond motifs is 4. The third-order valence-electron chi connectivity index (χ3n) is 3.90. The second-order valence-electron chi connectivity index (χ2n) is 5.49. The summed E-state index contributed by atoms with van der Waals surface area (Å²) in [4.78, 5) is 19.7. The van der Waals surface area contributed by atoms with E-state index in [2.05, 4.69) is 20.2 Å². The summed E-state index contributed by atoms with van der Waals surface area (Å²) in [5.41, 5.74) is 2.00. The molecule has 1 aromatic carbocycles. The lowest BCUT2D eigenvalue weighted by atomic mass is 10.2. The molecule has 0 radical (unpaired) electrons. The van der Waals surface area contributed by atoms with E-state index in [1.54, 1.807) is 0 Å². The van der Waals surface area contributed by atoms with E-state index in [9.17, 15) is 4.79 Å². The maximum atomic E-state index is 12.3. The van der Waals surface area contributed by atoms with Crippen molar-refractivity contribution in [1.29, 1.82) is 0 Å². The molecule has 122 valence electrons. The van der Waals surface area contributed by atoms with E-state index in [0.717, 1.165) is 16.2 Å². The van der Waals surface area contributed by atoms with Gasteiger partial charge < -0.3 is 9.40 Å². The van der Waals surface area contributed by atoms with Gasteiger partial charge in [-0.2, -0.15) is 0 Å². The van der Waals surface area contributed by atoms with Gasteiger partial charge in [0.2, 0.25) is 5.58 Å². The first-order chi connectivity index (χ1) is 12.3. The molecular formula is C17H11N5O2S. The van der Waals surface area contributed by atoms with Crippen molar-refractivity contribution in [3.05, 3.63) is 64.8 Å². The van der Waals surface area contributed by atoms with Crippen LogP contribution in [0.1, 0.15) is 5.82 Å². The molecule has 0 aliphatic rings. The summed E-state index contributed by atoms with van der Waals surface area (Å²) in [6.07, 6.45) is 1.90. The van der Waals surface area contributed by atoms with Crippen LogP contribution >= 0.6 is 11.8 Å². The van der Waals surface area contributed by atoms with Crippen molar-refractivity contribution in [3.8, 4) is 0 Å². The Morgan fingerprint density at radius 3 is 2.96 bits per heavy atom. The third-order valence-corrected chi connectivity index (χ3v) is 4.85. The summed E-state index contributed by atoms with van der Waals surface area (Å²) in [5.74, 6) is 1.04. The molecule has 5 rings (SSSR count). The highest BCUT2D eigenvalue weighted by Crippen LogP contribution is 2.26. The molecule has 1 N–H and O–H groups in total. The minimum atomic E-state index is -0.275. The van der Waals surface area contributed by atoms with Gasteiger partial charge in [0.05, 0.1) is 5.75 Å². The molecule has 0 fully saturated rings. The number of benzene rings is 1.